The third-order valence-corrected chi connectivity index (χ3v) is 2.16. The first-order chi connectivity index (χ1) is 7.56. The van der Waals surface area contributed by atoms with E-state index in [4.69, 9.17) is 10.4 Å². The van der Waals surface area contributed by atoms with E-state index in [-0.39, 0.29) is 17.7 Å². The average Bonchev–Trinajstić information content (AvgIpc) is 2.26. The monoisotopic (exact) mass is 221 g/mol. The number of rotatable bonds is 4. The molecule has 0 heterocycles. The molecule has 0 saturated heterocycles. The van der Waals surface area contributed by atoms with Gasteiger partial charge in [-0.25, -0.2) is 4.79 Å². The third kappa shape index (κ3) is 2.72. The van der Waals surface area contributed by atoms with Gasteiger partial charge in [0.15, 0.2) is 6.10 Å². The molecule has 16 heavy (non-hydrogen) atoms. The molecule has 3 N–H and O–H groups in total. The third-order valence-electron chi connectivity index (χ3n) is 2.16. The van der Waals surface area contributed by atoms with Crippen molar-refractivity contribution in [2.75, 3.05) is 0 Å². The Balaban J connectivity index is 3.08. The molecule has 0 fully saturated rings. The van der Waals surface area contributed by atoms with Gasteiger partial charge in [-0.15, -0.1) is 0 Å². The van der Waals surface area contributed by atoms with Crippen molar-refractivity contribution in [3.63, 3.8) is 0 Å². The molecule has 0 radical (unpaired) electrons. The van der Waals surface area contributed by atoms with Crippen molar-refractivity contribution < 1.29 is 20.1 Å². The summed E-state index contributed by atoms with van der Waals surface area (Å²) in [5.74, 6) is -1.50. The van der Waals surface area contributed by atoms with E-state index < -0.39 is 12.1 Å². The molecule has 0 aliphatic carbocycles. The molecular formula is C11H11NO4. The molecule has 0 amide bonds. The number of aliphatic hydroxyl groups excluding tert-OH is 1. The van der Waals surface area contributed by atoms with Crippen molar-refractivity contribution in [3.8, 4) is 11.8 Å². The first-order valence-electron chi connectivity index (χ1n) is 4.66. The van der Waals surface area contributed by atoms with E-state index in [9.17, 15) is 15.0 Å². The van der Waals surface area contributed by atoms with E-state index in [2.05, 4.69) is 0 Å². The maximum Gasteiger partial charge on any atom is 0.337 e. The van der Waals surface area contributed by atoms with Crippen LogP contribution in [0.3, 0.4) is 0 Å². The fourth-order valence-electron chi connectivity index (χ4n) is 1.39. The Morgan fingerprint density at radius 1 is 1.50 bits per heavy atom. The van der Waals surface area contributed by atoms with Crippen LogP contribution in [0.15, 0.2) is 18.2 Å². The predicted octanol–water partition coefficient (Wildman–Crippen LogP) is 0.966. The number of nitriles is 1. The largest absolute Gasteiger partial charge is 0.508 e. The summed E-state index contributed by atoms with van der Waals surface area (Å²) in [4.78, 5) is 10.6. The van der Waals surface area contributed by atoms with Gasteiger partial charge in [0.1, 0.15) is 5.75 Å². The number of carboxylic acids is 1. The Morgan fingerprint density at radius 2 is 2.19 bits per heavy atom. The van der Waals surface area contributed by atoms with Gasteiger partial charge in [0.2, 0.25) is 0 Å². The normalized spacial score (nSPS) is 11.8. The molecule has 1 atom stereocenters. The number of aliphatic hydroxyl groups is 1. The minimum atomic E-state index is -1.68. The quantitative estimate of drug-likeness (QED) is 0.703. The van der Waals surface area contributed by atoms with Crippen LogP contribution in [0.4, 0.5) is 0 Å². The molecular weight excluding hydrogens is 210 g/mol. The summed E-state index contributed by atoms with van der Waals surface area (Å²) < 4.78 is 0. The molecule has 0 aliphatic heterocycles. The Hall–Kier alpha value is -2.06. The van der Waals surface area contributed by atoms with Crippen LogP contribution in [0.2, 0.25) is 0 Å². The zero-order valence-electron chi connectivity index (χ0n) is 8.42. The summed E-state index contributed by atoms with van der Waals surface area (Å²) in [7, 11) is 0. The average molecular weight is 221 g/mol. The zero-order chi connectivity index (χ0) is 12.1. The summed E-state index contributed by atoms with van der Waals surface area (Å²) in [6.45, 7) is 0. The Bertz CT molecular complexity index is 436. The van der Waals surface area contributed by atoms with Crippen LogP contribution < -0.4 is 0 Å². The summed E-state index contributed by atoms with van der Waals surface area (Å²) in [6, 6.07) is 6.04. The topological polar surface area (TPSA) is 102 Å². The van der Waals surface area contributed by atoms with Crippen molar-refractivity contribution in [1.82, 2.24) is 0 Å². The Labute approximate surface area is 92.2 Å². The number of phenols is 1. The number of aryl methyl sites for hydroxylation is 1. The lowest BCUT2D eigenvalue weighted by Gasteiger charge is -2.11. The van der Waals surface area contributed by atoms with Crippen molar-refractivity contribution in [1.29, 1.82) is 5.26 Å². The highest BCUT2D eigenvalue weighted by atomic mass is 16.4. The molecule has 0 aromatic heterocycles. The molecule has 1 unspecified atom stereocenters. The van der Waals surface area contributed by atoms with Crippen LogP contribution in [-0.2, 0) is 11.2 Å². The number of hydrogen-bond acceptors (Lipinski definition) is 4. The van der Waals surface area contributed by atoms with E-state index in [0.717, 1.165) is 0 Å². The van der Waals surface area contributed by atoms with Gasteiger partial charge in [-0.2, -0.15) is 5.26 Å². The maximum atomic E-state index is 10.6. The summed E-state index contributed by atoms with van der Waals surface area (Å²) in [5, 5.41) is 35.8. The summed E-state index contributed by atoms with van der Waals surface area (Å²) in [5.41, 5.74) is 0.678. The highest BCUT2D eigenvalue weighted by Crippen LogP contribution is 2.24. The summed E-state index contributed by atoms with van der Waals surface area (Å²) in [6.07, 6.45) is -1.11. The van der Waals surface area contributed by atoms with Crippen LogP contribution in [0.5, 0.6) is 5.75 Å². The maximum absolute atomic E-state index is 10.6. The number of hydrogen-bond donors (Lipinski definition) is 3. The number of aliphatic carboxylic acids is 1. The van der Waals surface area contributed by atoms with Gasteiger partial charge < -0.3 is 15.3 Å². The number of benzene rings is 1. The van der Waals surface area contributed by atoms with E-state index >= 15 is 0 Å². The lowest BCUT2D eigenvalue weighted by molar-refractivity contribution is -0.147. The number of carboxylic acid groups (broad SMARTS) is 1. The summed E-state index contributed by atoms with van der Waals surface area (Å²) >= 11 is 0. The molecule has 5 nitrogen and oxygen atoms in total. The molecule has 0 bridgehead atoms. The predicted molar refractivity (Wildman–Crippen MR) is 54.6 cm³/mol. The number of phenolic OH excluding ortho intramolecular Hbond substituents is 1. The molecule has 1 aromatic rings. The van der Waals surface area contributed by atoms with Gasteiger partial charge in [-0.3, -0.25) is 0 Å². The van der Waals surface area contributed by atoms with Crippen LogP contribution in [0.25, 0.3) is 0 Å². The van der Waals surface area contributed by atoms with Gasteiger partial charge >= 0.3 is 5.97 Å². The fourth-order valence-corrected chi connectivity index (χ4v) is 1.39. The van der Waals surface area contributed by atoms with E-state index in [1.807, 2.05) is 6.07 Å². The van der Waals surface area contributed by atoms with Crippen molar-refractivity contribution >= 4 is 5.97 Å². The Kier molecular flexibility index (Phi) is 3.86. The van der Waals surface area contributed by atoms with Gasteiger partial charge in [0, 0.05) is 6.42 Å². The van der Waals surface area contributed by atoms with Crippen molar-refractivity contribution in [3.05, 3.63) is 29.3 Å². The number of aromatic hydroxyl groups is 1. The minimum Gasteiger partial charge on any atom is -0.508 e. The smallest absolute Gasteiger partial charge is 0.337 e. The van der Waals surface area contributed by atoms with Crippen molar-refractivity contribution in [2.45, 2.75) is 18.9 Å². The SMILES string of the molecule is N#CCCc1ccc(O)cc1C(O)C(=O)O. The van der Waals surface area contributed by atoms with Crippen LogP contribution >= 0.6 is 0 Å². The van der Waals surface area contributed by atoms with Gasteiger partial charge in [-0.1, -0.05) is 6.07 Å². The molecule has 1 rings (SSSR count). The molecule has 5 heteroatoms. The highest BCUT2D eigenvalue weighted by Gasteiger charge is 2.19. The minimum absolute atomic E-state index is 0.115. The van der Waals surface area contributed by atoms with E-state index in [1.165, 1.54) is 18.2 Å². The fraction of sp³-hybridized carbons (Fsp3) is 0.273. The van der Waals surface area contributed by atoms with Gasteiger partial charge in [0.05, 0.1) is 6.07 Å². The van der Waals surface area contributed by atoms with Gasteiger partial charge in [-0.05, 0) is 29.7 Å². The lowest BCUT2D eigenvalue weighted by atomic mass is 9.98. The first-order valence-corrected chi connectivity index (χ1v) is 4.66. The molecule has 0 aliphatic rings. The molecule has 0 spiro atoms. The van der Waals surface area contributed by atoms with Crippen LogP contribution in [-0.4, -0.2) is 21.3 Å². The van der Waals surface area contributed by atoms with E-state index in [0.29, 0.717) is 12.0 Å². The second kappa shape index (κ2) is 5.14. The number of nitrogens with zero attached hydrogens (tertiary/aromatic N) is 1. The second-order valence-electron chi connectivity index (χ2n) is 3.28. The second-order valence-corrected chi connectivity index (χ2v) is 3.28. The van der Waals surface area contributed by atoms with E-state index in [1.54, 1.807) is 0 Å². The first kappa shape index (κ1) is 12.0. The highest BCUT2D eigenvalue weighted by molar-refractivity contribution is 5.74. The van der Waals surface area contributed by atoms with Gasteiger partial charge in [0.25, 0.3) is 0 Å². The molecule has 1 aromatic carbocycles. The van der Waals surface area contributed by atoms with Crippen LogP contribution in [0.1, 0.15) is 23.7 Å². The lowest BCUT2D eigenvalue weighted by Crippen LogP contribution is -2.12. The van der Waals surface area contributed by atoms with Crippen LogP contribution in [0, 0.1) is 11.3 Å². The standard InChI is InChI=1S/C11H11NO4/c12-5-1-2-7-3-4-8(13)6-9(7)10(14)11(15)16/h3-4,6,10,13-14H,1-2H2,(H,15,16). The Morgan fingerprint density at radius 3 is 2.75 bits per heavy atom. The molecule has 0 saturated carbocycles. The molecule has 84 valence electrons. The van der Waals surface area contributed by atoms with Crippen molar-refractivity contribution in [2.24, 2.45) is 0 Å². The number of carbonyl (C=O) groups is 1. The zero-order valence-corrected chi connectivity index (χ0v) is 8.42.